The molecule has 10 aromatic carbocycles. The van der Waals surface area contributed by atoms with Crippen molar-refractivity contribution in [2.75, 3.05) is 14.7 Å². The summed E-state index contributed by atoms with van der Waals surface area (Å²) in [4.78, 5) is 7.15. The van der Waals surface area contributed by atoms with Gasteiger partial charge in [-0.05, 0) is 119 Å². The lowest BCUT2D eigenvalue weighted by Gasteiger charge is -2.31. The van der Waals surface area contributed by atoms with Gasteiger partial charge in [0.25, 0.3) is 0 Å². The Kier molecular flexibility index (Phi) is 9.03. The van der Waals surface area contributed by atoms with Crippen molar-refractivity contribution >= 4 is 104 Å². The summed E-state index contributed by atoms with van der Waals surface area (Å²) in [6, 6.07) is 85.5. The molecule has 0 unspecified atom stereocenters. The van der Waals surface area contributed by atoms with E-state index in [1.165, 1.54) is 41.7 Å². The molecule has 0 saturated carbocycles. The number of rotatable bonds is 9. The van der Waals surface area contributed by atoms with Crippen molar-refractivity contribution in [3.8, 4) is 0 Å². The predicted octanol–water partition coefficient (Wildman–Crippen LogP) is 16.8. The Hall–Kier alpha value is -7.66. The lowest BCUT2D eigenvalue weighted by atomic mass is 10.1. The molecule has 4 heteroatoms. The maximum absolute atomic E-state index is 2.41. The number of benzene rings is 10. The molecule has 0 saturated heterocycles. The average Bonchev–Trinajstić information content (AvgIpc) is 3.69. The Bertz CT molecular complexity index is 3300. The maximum Gasteiger partial charge on any atom is 0.0540 e. The van der Waals surface area contributed by atoms with Crippen LogP contribution in [0.5, 0.6) is 0 Å². The SMILES string of the molecule is c1ccc(N(c2cccc(N(c3cccc(N(c4ccccc4)c4cccc5ccccc45)c3)c3ccc4sc5ccccc5c4c3)c2)c2ccc3ccccc3c2)cc1. The van der Waals surface area contributed by atoms with Crippen molar-refractivity contribution in [2.45, 2.75) is 0 Å². The van der Waals surface area contributed by atoms with E-state index in [1.54, 1.807) is 0 Å². The van der Waals surface area contributed by atoms with E-state index < -0.39 is 0 Å². The zero-order valence-corrected chi connectivity index (χ0v) is 33.6. The number of hydrogen-bond donors (Lipinski definition) is 0. The molecule has 0 fully saturated rings. The molecule has 0 bridgehead atoms. The largest absolute Gasteiger partial charge is 0.310 e. The van der Waals surface area contributed by atoms with Gasteiger partial charge in [-0.3, -0.25) is 0 Å². The van der Waals surface area contributed by atoms with E-state index in [1.807, 2.05) is 11.3 Å². The van der Waals surface area contributed by atoms with E-state index in [-0.39, 0.29) is 0 Å². The molecular formula is C56H39N3S. The lowest BCUT2D eigenvalue weighted by Crippen LogP contribution is -2.14. The highest BCUT2D eigenvalue weighted by Gasteiger charge is 2.21. The fraction of sp³-hybridized carbons (Fsp3) is 0. The van der Waals surface area contributed by atoms with Crippen LogP contribution in [0, 0.1) is 0 Å². The Balaban J connectivity index is 1.11. The van der Waals surface area contributed by atoms with Gasteiger partial charge in [-0.1, -0.05) is 133 Å². The number of nitrogens with zero attached hydrogens (tertiary/aromatic N) is 3. The van der Waals surface area contributed by atoms with Crippen LogP contribution in [0.15, 0.2) is 237 Å². The van der Waals surface area contributed by atoms with Crippen LogP contribution in [0.4, 0.5) is 51.2 Å². The van der Waals surface area contributed by atoms with Crippen molar-refractivity contribution in [1.82, 2.24) is 0 Å². The van der Waals surface area contributed by atoms with Gasteiger partial charge in [-0.2, -0.15) is 0 Å². The number of fused-ring (bicyclic) bond motifs is 5. The minimum atomic E-state index is 1.06. The summed E-state index contributed by atoms with van der Waals surface area (Å²) in [6.45, 7) is 0. The van der Waals surface area contributed by atoms with Crippen LogP contribution >= 0.6 is 11.3 Å². The minimum Gasteiger partial charge on any atom is -0.310 e. The normalized spacial score (nSPS) is 11.3. The van der Waals surface area contributed by atoms with Gasteiger partial charge in [0.15, 0.2) is 0 Å². The van der Waals surface area contributed by atoms with Gasteiger partial charge in [0, 0.05) is 71.1 Å². The number of para-hydroxylation sites is 2. The van der Waals surface area contributed by atoms with Gasteiger partial charge >= 0.3 is 0 Å². The lowest BCUT2D eigenvalue weighted by molar-refractivity contribution is 1.24. The third-order valence-corrected chi connectivity index (χ3v) is 12.5. The van der Waals surface area contributed by atoms with Crippen molar-refractivity contribution in [1.29, 1.82) is 0 Å². The van der Waals surface area contributed by atoms with Crippen LogP contribution in [0.1, 0.15) is 0 Å². The predicted molar refractivity (Wildman–Crippen MR) is 258 cm³/mol. The summed E-state index contributed by atoms with van der Waals surface area (Å²) < 4.78 is 2.57. The molecule has 0 aliphatic heterocycles. The van der Waals surface area contributed by atoms with Crippen LogP contribution in [0.2, 0.25) is 0 Å². The highest BCUT2D eigenvalue weighted by Crippen LogP contribution is 2.46. The summed E-state index contributed by atoms with van der Waals surface area (Å²) in [7, 11) is 0. The second-order valence-electron chi connectivity index (χ2n) is 15.0. The summed E-state index contributed by atoms with van der Waals surface area (Å²) in [5, 5.41) is 7.36. The second-order valence-corrected chi connectivity index (χ2v) is 16.1. The summed E-state index contributed by atoms with van der Waals surface area (Å²) in [5.41, 5.74) is 9.77. The van der Waals surface area contributed by atoms with Gasteiger partial charge in [0.2, 0.25) is 0 Å². The standard InChI is InChI=1S/C56H39N3S/c1-3-20-43(21-4-1)57(49-33-32-40-16-7-8-18-42(40)36-49)45-24-14-25-46(37-45)58(50-34-35-56-53(39-50)52-29-11-12-31-55(52)60-56)47-26-15-27-48(38-47)59(44-22-5-2-6-23-44)54-30-13-19-41-17-9-10-28-51(41)54/h1-39H. The first-order valence-corrected chi connectivity index (χ1v) is 21.2. The van der Waals surface area contributed by atoms with Crippen molar-refractivity contribution < 1.29 is 0 Å². The number of thiophene rings is 1. The van der Waals surface area contributed by atoms with Gasteiger partial charge in [-0.25, -0.2) is 0 Å². The van der Waals surface area contributed by atoms with Gasteiger partial charge in [0.05, 0.1) is 5.69 Å². The molecular weight excluding hydrogens is 747 g/mol. The van der Waals surface area contributed by atoms with E-state index in [0.29, 0.717) is 0 Å². The fourth-order valence-corrected chi connectivity index (χ4v) is 9.68. The molecule has 0 aliphatic rings. The third-order valence-electron chi connectivity index (χ3n) is 11.3. The Labute approximate surface area is 353 Å². The van der Waals surface area contributed by atoms with Crippen LogP contribution in [0.3, 0.4) is 0 Å². The van der Waals surface area contributed by atoms with Gasteiger partial charge < -0.3 is 14.7 Å². The molecule has 284 valence electrons. The van der Waals surface area contributed by atoms with Gasteiger partial charge in [0.1, 0.15) is 0 Å². The zero-order chi connectivity index (χ0) is 39.8. The topological polar surface area (TPSA) is 9.72 Å². The molecule has 0 spiro atoms. The first-order chi connectivity index (χ1) is 29.7. The monoisotopic (exact) mass is 785 g/mol. The third kappa shape index (κ3) is 6.50. The highest BCUT2D eigenvalue weighted by atomic mass is 32.1. The van der Waals surface area contributed by atoms with E-state index in [0.717, 1.165) is 51.2 Å². The van der Waals surface area contributed by atoms with E-state index >= 15 is 0 Å². The molecule has 0 radical (unpaired) electrons. The van der Waals surface area contributed by atoms with E-state index in [4.69, 9.17) is 0 Å². The van der Waals surface area contributed by atoms with Crippen LogP contribution in [0.25, 0.3) is 41.7 Å². The van der Waals surface area contributed by atoms with E-state index in [2.05, 4.69) is 251 Å². The van der Waals surface area contributed by atoms with Crippen molar-refractivity contribution in [3.05, 3.63) is 237 Å². The molecule has 1 aromatic heterocycles. The summed E-state index contributed by atoms with van der Waals surface area (Å²) in [6.07, 6.45) is 0. The van der Waals surface area contributed by atoms with Crippen LogP contribution in [-0.4, -0.2) is 0 Å². The van der Waals surface area contributed by atoms with E-state index in [9.17, 15) is 0 Å². The molecule has 0 atom stereocenters. The molecule has 11 rings (SSSR count). The Morgan fingerprint density at radius 1 is 0.233 bits per heavy atom. The summed E-state index contributed by atoms with van der Waals surface area (Å²) in [5.74, 6) is 0. The number of hydrogen-bond acceptors (Lipinski definition) is 4. The maximum atomic E-state index is 2.41. The highest BCUT2D eigenvalue weighted by molar-refractivity contribution is 7.25. The molecule has 1 heterocycles. The number of anilines is 9. The first-order valence-electron chi connectivity index (χ1n) is 20.3. The second kappa shape index (κ2) is 15.3. The molecule has 0 N–H and O–H groups in total. The zero-order valence-electron chi connectivity index (χ0n) is 32.8. The van der Waals surface area contributed by atoms with Crippen molar-refractivity contribution in [2.24, 2.45) is 0 Å². The quantitative estimate of drug-likeness (QED) is 0.144. The first kappa shape index (κ1) is 35.5. The molecule has 0 aliphatic carbocycles. The fourth-order valence-electron chi connectivity index (χ4n) is 8.59. The van der Waals surface area contributed by atoms with Gasteiger partial charge in [-0.15, -0.1) is 11.3 Å². The molecule has 0 amide bonds. The molecule has 3 nitrogen and oxygen atoms in total. The Morgan fingerprint density at radius 2 is 0.683 bits per heavy atom. The minimum absolute atomic E-state index is 1.06. The summed E-state index contributed by atoms with van der Waals surface area (Å²) >= 11 is 1.85. The molecule has 60 heavy (non-hydrogen) atoms. The van der Waals surface area contributed by atoms with Crippen molar-refractivity contribution in [3.63, 3.8) is 0 Å². The van der Waals surface area contributed by atoms with Crippen LogP contribution < -0.4 is 14.7 Å². The Morgan fingerprint density at radius 3 is 1.40 bits per heavy atom. The average molecular weight is 786 g/mol. The smallest absolute Gasteiger partial charge is 0.0540 e. The van der Waals surface area contributed by atoms with Crippen LogP contribution in [-0.2, 0) is 0 Å². The molecule has 11 aromatic rings.